The average Bonchev–Trinajstić information content (AvgIpc) is 2.84. The van der Waals surface area contributed by atoms with Crippen LogP contribution in [0.2, 0.25) is 0 Å². The van der Waals surface area contributed by atoms with Crippen molar-refractivity contribution in [2.75, 3.05) is 7.11 Å². The summed E-state index contributed by atoms with van der Waals surface area (Å²) in [6, 6.07) is 4.01. The summed E-state index contributed by atoms with van der Waals surface area (Å²) < 4.78 is 10.7. The van der Waals surface area contributed by atoms with Gasteiger partial charge in [-0.2, -0.15) is 0 Å². The first-order valence-electron chi connectivity index (χ1n) is 6.25. The lowest BCUT2D eigenvalue weighted by molar-refractivity contribution is 0.416. The normalized spacial score (nSPS) is 8.88. The van der Waals surface area contributed by atoms with Gasteiger partial charge in [0.05, 0.1) is 18.8 Å². The molecule has 0 aliphatic heterocycles. The number of furan rings is 1. The van der Waals surface area contributed by atoms with Gasteiger partial charge in [-0.15, -0.1) is 0 Å². The second kappa shape index (κ2) is 7.77. The molecule has 2 rings (SSSR count). The van der Waals surface area contributed by atoms with Crippen molar-refractivity contribution in [3.05, 3.63) is 29.5 Å². The van der Waals surface area contributed by atoms with Crippen LogP contribution in [0.4, 0.5) is 0 Å². The zero-order chi connectivity index (χ0) is 13.4. The molecule has 2 heteroatoms. The summed E-state index contributed by atoms with van der Waals surface area (Å²) in [6.45, 7) is 12.1. The number of ether oxygens (including phenoxy) is 1. The highest BCUT2D eigenvalue weighted by atomic mass is 16.5. The van der Waals surface area contributed by atoms with Gasteiger partial charge in [-0.3, -0.25) is 0 Å². The van der Waals surface area contributed by atoms with E-state index in [0.717, 1.165) is 27.8 Å². The maximum absolute atomic E-state index is 5.37. The van der Waals surface area contributed by atoms with Gasteiger partial charge in [0.1, 0.15) is 11.3 Å². The van der Waals surface area contributed by atoms with E-state index in [4.69, 9.17) is 9.15 Å². The van der Waals surface area contributed by atoms with Gasteiger partial charge in [-0.1, -0.05) is 27.7 Å². The molecule has 1 aromatic carbocycles. The Labute approximate surface area is 105 Å². The van der Waals surface area contributed by atoms with E-state index >= 15 is 0 Å². The highest BCUT2D eigenvalue weighted by molar-refractivity contribution is 5.87. The molecule has 0 aliphatic rings. The van der Waals surface area contributed by atoms with Crippen LogP contribution in [0.5, 0.6) is 5.75 Å². The molecular weight excluding hydrogens is 212 g/mol. The van der Waals surface area contributed by atoms with Gasteiger partial charge >= 0.3 is 0 Å². The number of aryl methyl sites for hydroxylation is 2. The Morgan fingerprint density at radius 2 is 1.59 bits per heavy atom. The zero-order valence-corrected chi connectivity index (χ0v) is 12.0. The fourth-order valence-corrected chi connectivity index (χ4v) is 1.73. The van der Waals surface area contributed by atoms with Crippen molar-refractivity contribution in [2.45, 2.75) is 41.5 Å². The van der Waals surface area contributed by atoms with Crippen molar-refractivity contribution < 1.29 is 9.15 Å². The molecule has 1 heterocycles. The van der Waals surface area contributed by atoms with Crippen molar-refractivity contribution >= 4 is 11.0 Å². The van der Waals surface area contributed by atoms with E-state index in [-0.39, 0.29) is 0 Å². The number of hydrogen-bond donors (Lipinski definition) is 0. The first kappa shape index (κ1) is 15.6. The Kier molecular flexibility index (Phi) is 7.11. The molecule has 0 radical (unpaired) electrons. The molecule has 0 aliphatic carbocycles. The molecule has 17 heavy (non-hydrogen) atoms. The minimum Gasteiger partial charge on any atom is -0.496 e. The molecule has 2 nitrogen and oxygen atoms in total. The molecule has 0 atom stereocenters. The third-order valence-corrected chi connectivity index (χ3v) is 2.26. The molecular formula is C15H24O2. The molecule has 1 aromatic heterocycles. The van der Waals surface area contributed by atoms with Crippen molar-refractivity contribution in [3.8, 4) is 5.75 Å². The lowest BCUT2D eigenvalue weighted by atomic mass is 10.1. The van der Waals surface area contributed by atoms with Crippen molar-refractivity contribution in [3.63, 3.8) is 0 Å². The fraction of sp³-hybridized carbons (Fsp3) is 0.467. The van der Waals surface area contributed by atoms with E-state index in [1.165, 1.54) is 0 Å². The molecule has 2 aromatic rings. The third kappa shape index (κ3) is 3.26. The lowest BCUT2D eigenvalue weighted by Gasteiger charge is -2.06. The zero-order valence-electron chi connectivity index (χ0n) is 12.0. The largest absolute Gasteiger partial charge is 0.496 e. The van der Waals surface area contributed by atoms with Crippen LogP contribution in [0.1, 0.15) is 38.8 Å². The van der Waals surface area contributed by atoms with Crippen LogP contribution >= 0.6 is 0 Å². The number of fused-ring (bicyclic) bond motifs is 1. The first-order chi connectivity index (χ1) is 8.24. The van der Waals surface area contributed by atoms with Gasteiger partial charge in [0.2, 0.25) is 0 Å². The Bertz CT molecular complexity index is 441. The van der Waals surface area contributed by atoms with Crippen LogP contribution in [0, 0.1) is 13.8 Å². The summed E-state index contributed by atoms with van der Waals surface area (Å²) in [4.78, 5) is 0. The van der Waals surface area contributed by atoms with Crippen molar-refractivity contribution in [2.24, 2.45) is 0 Å². The number of hydrogen-bond acceptors (Lipinski definition) is 2. The van der Waals surface area contributed by atoms with E-state index in [2.05, 4.69) is 6.07 Å². The Hall–Kier alpha value is -1.44. The van der Waals surface area contributed by atoms with Crippen molar-refractivity contribution in [1.82, 2.24) is 0 Å². The third-order valence-electron chi connectivity index (χ3n) is 2.26. The molecule has 96 valence electrons. The molecule has 0 spiro atoms. The van der Waals surface area contributed by atoms with Gasteiger partial charge in [-0.05, 0) is 37.1 Å². The van der Waals surface area contributed by atoms with E-state index in [9.17, 15) is 0 Å². The molecule has 0 fully saturated rings. The Morgan fingerprint density at radius 3 is 2.12 bits per heavy atom. The molecule has 0 N–H and O–H groups in total. The number of methoxy groups -OCH3 is 1. The van der Waals surface area contributed by atoms with E-state index in [1.54, 1.807) is 13.4 Å². The van der Waals surface area contributed by atoms with E-state index < -0.39 is 0 Å². The second-order valence-electron chi connectivity index (χ2n) is 3.21. The standard InChI is InChI=1S/C11H12O2.2C2H6/c1-7-6-8(2)11-9(4-5-13-11)10(7)12-3;2*1-2/h4-6H,1-3H3;2*1-2H3. The lowest BCUT2D eigenvalue weighted by Crippen LogP contribution is -1.88. The monoisotopic (exact) mass is 236 g/mol. The molecule has 0 bridgehead atoms. The summed E-state index contributed by atoms with van der Waals surface area (Å²) in [5, 5.41) is 1.06. The first-order valence-corrected chi connectivity index (χ1v) is 6.25. The molecule has 0 saturated heterocycles. The van der Waals surface area contributed by atoms with Gasteiger partial charge < -0.3 is 9.15 Å². The minimum atomic E-state index is 0.911. The van der Waals surface area contributed by atoms with Gasteiger partial charge in [0.15, 0.2) is 0 Å². The Morgan fingerprint density at radius 1 is 1.00 bits per heavy atom. The van der Waals surface area contributed by atoms with E-state index in [1.807, 2.05) is 47.6 Å². The maximum Gasteiger partial charge on any atom is 0.140 e. The van der Waals surface area contributed by atoms with E-state index in [0.29, 0.717) is 0 Å². The van der Waals surface area contributed by atoms with Gasteiger partial charge in [-0.25, -0.2) is 0 Å². The average molecular weight is 236 g/mol. The summed E-state index contributed by atoms with van der Waals surface area (Å²) in [6.07, 6.45) is 1.69. The van der Waals surface area contributed by atoms with Crippen molar-refractivity contribution in [1.29, 1.82) is 0 Å². The predicted molar refractivity (Wildman–Crippen MR) is 74.9 cm³/mol. The van der Waals surface area contributed by atoms with Crippen LogP contribution in [-0.2, 0) is 0 Å². The van der Waals surface area contributed by atoms with Crippen LogP contribution < -0.4 is 4.74 Å². The minimum absolute atomic E-state index is 0.911. The molecule has 0 saturated carbocycles. The topological polar surface area (TPSA) is 22.4 Å². The highest BCUT2D eigenvalue weighted by Gasteiger charge is 2.09. The molecule has 0 unspecified atom stereocenters. The summed E-state index contributed by atoms with van der Waals surface area (Å²) >= 11 is 0. The summed E-state index contributed by atoms with van der Waals surface area (Å²) in [5.41, 5.74) is 3.22. The van der Waals surface area contributed by atoms with Crippen LogP contribution in [-0.4, -0.2) is 7.11 Å². The van der Waals surface area contributed by atoms with Gasteiger partial charge in [0.25, 0.3) is 0 Å². The highest BCUT2D eigenvalue weighted by Crippen LogP contribution is 2.32. The smallest absolute Gasteiger partial charge is 0.140 e. The van der Waals surface area contributed by atoms with Crippen LogP contribution in [0.15, 0.2) is 22.8 Å². The quantitative estimate of drug-likeness (QED) is 0.686. The van der Waals surface area contributed by atoms with Crippen LogP contribution in [0.25, 0.3) is 11.0 Å². The maximum atomic E-state index is 5.37. The summed E-state index contributed by atoms with van der Waals surface area (Å²) in [5.74, 6) is 0.911. The SMILES string of the molecule is CC.CC.COc1c(C)cc(C)c2occc12. The fourth-order valence-electron chi connectivity index (χ4n) is 1.73. The Balaban J connectivity index is 0.000000581. The molecule has 0 amide bonds. The summed E-state index contributed by atoms with van der Waals surface area (Å²) in [7, 11) is 1.68. The predicted octanol–water partition coefficient (Wildman–Crippen LogP) is 5.11. The second-order valence-corrected chi connectivity index (χ2v) is 3.21. The van der Waals surface area contributed by atoms with Crippen LogP contribution in [0.3, 0.4) is 0 Å². The number of rotatable bonds is 1. The number of benzene rings is 1. The van der Waals surface area contributed by atoms with Gasteiger partial charge in [0, 0.05) is 0 Å².